The van der Waals surface area contributed by atoms with E-state index in [1.54, 1.807) is 4.52 Å². The Hall–Kier alpha value is -1.70. The van der Waals surface area contributed by atoms with Crippen molar-refractivity contribution >= 4 is 11.3 Å². The van der Waals surface area contributed by atoms with E-state index in [-0.39, 0.29) is 18.3 Å². The Morgan fingerprint density at radius 2 is 2.09 bits per heavy atom. The first-order valence-corrected chi connectivity index (χ1v) is 7.97. The van der Waals surface area contributed by atoms with Crippen LogP contribution < -0.4 is 5.73 Å². The minimum atomic E-state index is -0.629. The standard InChI is InChI=1S/C16H22N4O3/c1-5-11-13-16(4,23-15(2,3)22-13)12(21-11)9-6-7-10-14(17)18-8-19-20(9)10/h6-8,11-13H,5H2,1-4H3,(H2,17,18,19)/t11-,12+,13-,16+/m1/s1. The van der Waals surface area contributed by atoms with E-state index in [1.165, 1.54) is 6.33 Å². The fourth-order valence-corrected chi connectivity index (χ4v) is 3.91. The Kier molecular flexibility index (Phi) is 3.01. The van der Waals surface area contributed by atoms with E-state index in [0.717, 1.165) is 17.6 Å². The SMILES string of the molecule is CC[C@H]1O[C@@H](c2ccc3c(N)ncnn23)[C@]2(C)OC(C)(C)O[C@H]12. The number of nitrogens with zero attached hydrogens (tertiary/aromatic N) is 3. The molecule has 2 fully saturated rings. The summed E-state index contributed by atoms with van der Waals surface area (Å²) in [5, 5.41) is 4.33. The second kappa shape index (κ2) is 4.66. The van der Waals surface area contributed by atoms with Crippen molar-refractivity contribution in [3.05, 3.63) is 24.2 Å². The normalized spacial score (nSPS) is 35.7. The second-order valence-electron chi connectivity index (χ2n) is 6.89. The van der Waals surface area contributed by atoms with Crippen LogP contribution in [0.25, 0.3) is 5.52 Å². The summed E-state index contributed by atoms with van der Waals surface area (Å²) < 4.78 is 20.5. The molecule has 0 amide bonds. The number of hydrogen-bond acceptors (Lipinski definition) is 6. The molecule has 0 aromatic carbocycles. The fourth-order valence-electron chi connectivity index (χ4n) is 3.91. The number of nitrogen functional groups attached to an aromatic ring is 1. The van der Waals surface area contributed by atoms with Crippen molar-refractivity contribution in [3.8, 4) is 0 Å². The summed E-state index contributed by atoms with van der Waals surface area (Å²) in [4.78, 5) is 4.03. The smallest absolute Gasteiger partial charge is 0.164 e. The molecule has 0 unspecified atom stereocenters. The van der Waals surface area contributed by atoms with Crippen LogP contribution in [0, 0.1) is 0 Å². The van der Waals surface area contributed by atoms with Gasteiger partial charge in [-0.3, -0.25) is 0 Å². The number of anilines is 1. The molecule has 2 aliphatic heterocycles. The zero-order valence-electron chi connectivity index (χ0n) is 13.8. The maximum absolute atomic E-state index is 6.29. The molecule has 4 rings (SSSR count). The Bertz CT molecular complexity index is 759. The summed E-state index contributed by atoms with van der Waals surface area (Å²) in [5.74, 6) is -0.183. The molecule has 0 radical (unpaired) electrons. The Labute approximate surface area is 134 Å². The van der Waals surface area contributed by atoms with Gasteiger partial charge in [-0.2, -0.15) is 5.10 Å². The van der Waals surface area contributed by atoms with Crippen LogP contribution in [0.1, 0.15) is 45.9 Å². The van der Waals surface area contributed by atoms with E-state index in [9.17, 15) is 0 Å². The molecular weight excluding hydrogens is 296 g/mol. The number of rotatable bonds is 2. The molecule has 2 aliphatic rings. The predicted molar refractivity (Wildman–Crippen MR) is 83.7 cm³/mol. The van der Waals surface area contributed by atoms with Crippen LogP contribution in [0.3, 0.4) is 0 Å². The highest BCUT2D eigenvalue weighted by Gasteiger charge is 2.63. The highest BCUT2D eigenvalue weighted by molar-refractivity contribution is 5.65. The average molecular weight is 318 g/mol. The number of nitrogens with two attached hydrogens (primary N) is 1. The van der Waals surface area contributed by atoms with Crippen LogP contribution >= 0.6 is 0 Å². The molecule has 0 bridgehead atoms. The topological polar surface area (TPSA) is 83.9 Å². The molecule has 4 heterocycles. The van der Waals surface area contributed by atoms with Gasteiger partial charge >= 0.3 is 0 Å². The molecule has 2 aromatic rings. The van der Waals surface area contributed by atoms with E-state index in [0.29, 0.717) is 5.82 Å². The third-order valence-corrected chi connectivity index (χ3v) is 4.79. The van der Waals surface area contributed by atoms with Gasteiger partial charge in [0.15, 0.2) is 11.6 Å². The first-order chi connectivity index (χ1) is 10.9. The van der Waals surface area contributed by atoms with E-state index in [2.05, 4.69) is 23.9 Å². The lowest BCUT2D eigenvalue weighted by atomic mass is 9.90. The van der Waals surface area contributed by atoms with Gasteiger partial charge in [0.05, 0.1) is 11.8 Å². The van der Waals surface area contributed by atoms with Crippen molar-refractivity contribution in [2.75, 3.05) is 5.73 Å². The van der Waals surface area contributed by atoms with E-state index >= 15 is 0 Å². The molecule has 2 N–H and O–H groups in total. The quantitative estimate of drug-likeness (QED) is 0.912. The van der Waals surface area contributed by atoms with Crippen molar-refractivity contribution in [1.82, 2.24) is 14.6 Å². The molecule has 2 saturated heterocycles. The van der Waals surface area contributed by atoms with Gasteiger partial charge in [0.25, 0.3) is 0 Å². The van der Waals surface area contributed by atoms with Crippen molar-refractivity contribution < 1.29 is 14.2 Å². The van der Waals surface area contributed by atoms with Gasteiger partial charge in [-0.1, -0.05) is 6.92 Å². The first-order valence-electron chi connectivity index (χ1n) is 7.97. The van der Waals surface area contributed by atoms with Gasteiger partial charge in [0, 0.05) is 0 Å². The molecule has 7 heteroatoms. The minimum absolute atomic E-state index is 0.0171. The van der Waals surface area contributed by atoms with E-state index in [1.807, 2.05) is 26.0 Å². The van der Waals surface area contributed by atoms with Crippen LogP contribution in [0.5, 0.6) is 0 Å². The van der Waals surface area contributed by atoms with Gasteiger partial charge in [0.1, 0.15) is 29.7 Å². The molecule has 0 aliphatic carbocycles. The summed E-state index contributed by atoms with van der Waals surface area (Å²) >= 11 is 0. The van der Waals surface area contributed by atoms with Crippen molar-refractivity contribution in [2.24, 2.45) is 0 Å². The van der Waals surface area contributed by atoms with Crippen LogP contribution in [-0.4, -0.2) is 38.2 Å². The molecule has 124 valence electrons. The highest BCUT2D eigenvalue weighted by Crippen LogP contribution is 2.53. The third-order valence-electron chi connectivity index (χ3n) is 4.79. The largest absolute Gasteiger partial charge is 0.382 e. The molecule has 0 saturated carbocycles. The van der Waals surface area contributed by atoms with E-state index in [4.69, 9.17) is 19.9 Å². The van der Waals surface area contributed by atoms with Crippen LogP contribution in [-0.2, 0) is 14.2 Å². The van der Waals surface area contributed by atoms with Gasteiger partial charge in [0.2, 0.25) is 0 Å². The van der Waals surface area contributed by atoms with Crippen molar-refractivity contribution in [2.45, 2.75) is 63.8 Å². The van der Waals surface area contributed by atoms with Gasteiger partial charge in [-0.05, 0) is 39.3 Å². The molecule has 0 spiro atoms. The Morgan fingerprint density at radius 3 is 2.83 bits per heavy atom. The highest BCUT2D eigenvalue weighted by atomic mass is 16.8. The van der Waals surface area contributed by atoms with E-state index < -0.39 is 11.4 Å². The summed E-state index contributed by atoms with van der Waals surface area (Å²) in [7, 11) is 0. The summed E-state index contributed by atoms with van der Waals surface area (Å²) in [6.45, 7) is 8.03. The Morgan fingerprint density at radius 1 is 1.30 bits per heavy atom. The number of hydrogen-bond donors (Lipinski definition) is 1. The van der Waals surface area contributed by atoms with Gasteiger partial charge in [-0.25, -0.2) is 9.50 Å². The Balaban J connectivity index is 1.83. The lowest BCUT2D eigenvalue weighted by molar-refractivity contribution is -0.204. The minimum Gasteiger partial charge on any atom is -0.382 e. The summed E-state index contributed by atoms with van der Waals surface area (Å²) in [6, 6.07) is 3.88. The monoisotopic (exact) mass is 318 g/mol. The maximum atomic E-state index is 6.29. The number of ether oxygens (including phenoxy) is 3. The van der Waals surface area contributed by atoms with Crippen LogP contribution in [0.4, 0.5) is 5.82 Å². The third kappa shape index (κ3) is 2.00. The molecule has 23 heavy (non-hydrogen) atoms. The number of fused-ring (bicyclic) bond motifs is 2. The van der Waals surface area contributed by atoms with Crippen molar-refractivity contribution in [3.63, 3.8) is 0 Å². The molecule has 7 nitrogen and oxygen atoms in total. The van der Waals surface area contributed by atoms with Gasteiger partial charge < -0.3 is 19.9 Å². The van der Waals surface area contributed by atoms with Crippen molar-refractivity contribution in [1.29, 1.82) is 0 Å². The zero-order chi connectivity index (χ0) is 16.4. The molecular formula is C16H22N4O3. The number of aromatic nitrogens is 3. The second-order valence-corrected chi connectivity index (χ2v) is 6.89. The lowest BCUT2D eigenvalue weighted by Crippen LogP contribution is -2.40. The first kappa shape index (κ1) is 14.9. The average Bonchev–Trinajstić information content (AvgIpc) is 3.07. The zero-order valence-corrected chi connectivity index (χ0v) is 13.8. The molecule has 4 atom stereocenters. The summed E-state index contributed by atoms with van der Waals surface area (Å²) in [6.07, 6.45) is 1.90. The molecule has 2 aromatic heterocycles. The summed E-state index contributed by atoms with van der Waals surface area (Å²) in [5.41, 5.74) is 7.03. The maximum Gasteiger partial charge on any atom is 0.164 e. The van der Waals surface area contributed by atoms with Crippen LogP contribution in [0.15, 0.2) is 18.5 Å². The predicted octanol–water partition coefficient (Wildman–Crippen LogP) is 2.07. The lowest BCUT2D eigenvalue weighted by Gasteiger charge is -2.29. The van der Waals surface area contributed by atoms with Gasteiger partial charge in [-0.15, -0.1) is 0 Å². The fraction of sp³-hybridized carbons (Fsp3) is 0.625. The van der Waals surface area contributed by atoms with Crippen LogP contribution in [0.2, 0.25) is 0 Å².